The average molecular weight is 487 g/mol. The number of carboxylic acid groups (broad SMARTS) is 1. The van der Waals surface area contributed by atoms with Crippen LogP contribution in [0.5, 0.6) is 0 Å². The van der Waals surface area contributed by atoms with Crippen LogP contribution in [0.15, 0.2) is 48.5 Å². The van der Waals surface area contributed by atoms with Crippen LogP contribution in [0.4, 0.5) is 13.6 Å². The van der Waals surface area contributed by atoms with Crippen molar-refractivity contribution in [3.8, 4) is 11.1 Å². The van der Waals surface area contributed by atoms with Crippen LogP contribution in [-0.2, 0) is 14.3 Å². The van der Waals surface area contributed by atoms with E-state index in [0.29, 0.717) is 0 Å². The predicted molar refractivity (Wildman–Crippen MR) is 124 cm³/mol. The number of likely N-dealkylation sites (tertiary alicyclic amines) is 1. The van der Waals surface area contributed by atoms with Crippen LogP contribution in [0.25, 0.3) is 11.1 Å². The zero-order chi connectivity index (χ0) is 25.3. The fourth-order valence-corrected chi connectivity index (χ4v) is 5.00. The maximum atomic E-state index is 13.2. The molecule has 1 aliphatic heterocycles. The van der Waals surface area contributed by atoms with Gasteiger partial charge >= 0.3 is 12.1 Å². The van der Waals surface area contributed by atoms with Gasteiger partial charge in [-0.1, -0.05) is 55.5 Å². The molecule has 2 aliphatic rings. The van der Waals surface area contributed by atoms with Gasteiger partial charge in [-0.3, -0.25) is 9.59 Å². The summed E-state index contributed by atoms with van der Waals surface area (Å²) in [5, 5.41) is 11.8. The number of benzene rings is 2. The molecule has 2 amide bonds. The smallest absolute Gasteiger partial charge is 0.407 e. The van der Waals surface area contributed by atoms with Crippen LogP contribution in [0.1, 0.15) is 37.3 Å². The second kappa shape index (κ2) is 9.64. The van der Waals surface area contributed by atoms with E-state index in [2.05, 4.69) is 5.32 Å². The lowest BCUT2D eigenvalue weighted by molar-refractivity contribution is -0.149. The molecule has 3 atom stereocenters. The van der Waals surface area contributed by atoms with Crippen molar-refractivity contribution in [2.75, 3.05) is 19.7 Å². The topological polar surface area (TPSA) is 95.9 Å². The molecule has 186 valence electrons. The highest BCUT2D eigenvalue weighted by atomic mass is 19.3. The average Bonchev–Trinajstić information content (AvgIpc) is 3.31. The summed E-state index contributed by atoms with van der Waals surface area (Å²) < 4.78 is 31.9. The lowest BCUT2D eigenvalue weighted by atomic mass is 9.81. The van der Waals surface area contributed by atoms with Gasteiger partial charge in [-0.05, 0) is 35.1 Å². The molecule has 0 saturated carbocycles. The largest absolute Gasteiger partial charge is 0.481 e. The molecule has 2 aromatic carbocycles. The van der Waals surface area contributed by atoms with Crippen LogP contribution in [0.3, 0.4) is 0 Å². The van der Waals surface area contributed by atoms with Gasteiger partial charge in [-0.2, -0.15) is 0 Å². The van der Waals surface area contributed by atoms with Crippen LogP contribution in [0.2, 0.25) is 0 Å². The molecule has 3 unspecified atom stereocenters. The van der Waals surface area contributed by atoms with E-state index in [0.717, 1.165) is 22.3 Å². The number of hydrogen-bond acceptors (Lipinski definition) is 4. The summed E-state index contributed by atoms with van der Waals surface area (Å²) in [7, 11) is 0. The van der Waals surface area contributed by atoms with Gasteiger partial charge in [0, 0.05) is 25.4 Å². The third kappa shape index (κ3) is 4.72. The molecule has 1 saturated heterocycles. The molecule has 0 spiro atoms. The van der Waals surface area contributed by atoms with E-state index < -0.39 is 42.3 Å². The quantitative estimate of drug-likeness (QED) is 0.614. The standard InChI is InChI=1S/C26H28F2N2O5/c1-15-12-30(14-26(15,2)24(32)33)23(31)21(11-22(27)28)29-25(34)35-13-20-18-9-5-3-7-16(18)17-8-4-6-10-19(17)20/h3-10,15,20-22H,11-14H2,1-2H3,(H,29,34)(H,32,33). The first-order valence-electron chi connectivity index (χ1n) is 11.5. The molecule has 9 heteroatoms. The number of rotatable bonds is 7. The lowest BCUT2D eigenvalue weighted by Crippen LogP contribution is -2.49. The predicted octanol–water partition coefficient (Wildman–Crippen LogP) is 4.12. The summed E-state index contributed by atoms with van der Waals surface area (Å²) in [6.45, 7) is 3.19. The first-order valence-corrected chi connectivity index (χ1v) is 11.5. The van der Waals surface area contributed by atoms with Gasteiger partial charge in [0.15, 0.2) is 0 Å². The minimum absolute atomic E-state index is 0.0206. The Morgan fingerprint density at radius 1 is 1.11 bits per heavy atom. The highest BCUT2D eigenvalue weighted by Crippen LogP contribution is 2.44. The van der Waals surface area contributed by atoms with E-state index in [1.807, 2.05) is 48.5 Å². The number of fused-ring (bicyclic) bond motifs is 3. The van der Waals surface area contributed by atoms with E-state index in [4.69, 9.17) is 4.74 Å². The fraction of sp³-hybridized carbons (Fsp3) is 0.423. The Kier molecular flexibility index (Phi) is 6.78. The zero-order valence-corrected chi connectivity index (χ0v) is 19.5. The number of carboxylic acids is 1. The number of alkyl carbamates (subject to hydrolysis) is 1. The van der Waals surface area contributed by atoms with Gasteiger partial charge in [0.25, 0.3) is 0 Å². The molecule has 2 N–H and O–H groups in total. The molecule has 0 bridgehead atoms. The zero-order valence-electron chi connectivity index (χ0n) is 19.5. The minimum atomic E-state index is -2.84. The molecule has 1 fully saturated rings. The number of aliphatic carboxylic acids is 1. The van der Waals surface area contributed by atoms with Crippen LogP contribution >= 0.6 is 0 Å². The van der Waals surface area contributed by atoms with E-state index in [-0.39, 0.29) is 31.5 Å². The third-order valence-electron chi connectivity index (χ3n) is 7.25. The van der Waals surface area contributed by atoms with E-state index in [1.165, 1.54) is 11.8 Å². The number of carbonyl (C=O) groups is 3. The number of carbonyl (C=O) groups excluding carboxylic acids is 2. The Bertz CT molecular complexity index is 1090. The molecule has 0 aromatic heterocycles. The van der Waals surface area contributed by atoms with E-state index in [1.54, 1.807) is 6.92 Å². The van der Waals surface area contributed by atoms with Crippen molar-refractivity contribution in [3.63, 3.8) is 0 Å². The summed E-state index contributed by atoms with van der Waals surface area (Å²) in [4.78, 5) is 38.5. The number of nitrogens with one attached hydrogen (secondary N) is 1. The van der Waals surface area contributed by atoms with Gasteiger partial charge < -0.3 is 20.1 Å². The number of amides is 2. The monoisotopic (exact) mass is 486 g/mol. The van der Waals surface area contributed by atoms with Crippen molar-refractivity contribution < 1.29 is 33.0 Å². The highest BCUT2D eigenvalue weighted by Gasteiger charge is 2.49. The molecular weight excluding hydrogens is 458 g/mol. The van der Waals surface area contributed by atoms with Crippen molar-refractivity contribution in [3.05, 3.63) is 59.7 Å². The van der Waals surface area contributed by atoms with Gasteiger partial charge in [-0.15, -0.1) is 0 Å². The molecule has 0 radical (unpaired) electrons. The van der Waals surface area contributed by atoms with Crippen LogP contribution in [-0.4, -0.2) is 60.1 Å². The van der Waals surface area contributed by atoms with Gasteiger partial charge in [0.1, 0.15) is 12.6 Å². The second-order valence-electron chi connectivity index (χ2n) is 9.49. The Balaban J connectivity index is 1.44. The molecule has 2 aromatic rings. The molecule has 7 nitrogen and oxygen atoms in total. The summed E-state index contributed by atoms with van der Waals surface area (Å²) in [5.74, 6) is -2.38. The van der Waals surface area contributed by atoms with Crippen molar-refractivity contribution in [2.45, 2.75) is 38.7 Å². The SMILES string of the molecule is CC1CN(C(=O)C(CC(F)F)NC(=O)OCC2c3ccccc3-c3ccccc32)CC1(C)C(=O)O. The maximum absolute atomic E-state index is 13.2. The molecular formula is C26H28F2N2O5. The van der Waals surface area contributed by atoms with Crippen molar-refractivity contribution in [1.29, 1.82) is 0 Å². The van der Waals surface area contributed by atoms with Gasteiger partial charge in [0.2, 0.25) is 12.3 Å². The highest BCUT2D eigenvalue weighted by molar-refractivity contribution is 5.87. The molecule has 35 heavy (non-hydrogen) atoms. The Labute approximate surface area is 202 Å². The van der Waals surface area contributed by atoms with E-state index >= 15 is 0 Å². The lowest BCUT2D eigenvalue weighted by Gasteiger charge is -2.25. The van der Waals surface area contributed by atoms with Gasteiger partial charge in [-0.25, -0.2) is 13.6 Å². The summed E-state index contributed by atoms with van der Waals surface area (Å²) in [6.07, 6.45) is -4.71. The molecule has 4 rings (SSSR count). The fourth-order valence-electron chi connectivity index (χ4n) is 5.00. The second-order valence-corrected chi connectivity index (χ2v) is 9.49. The van der Waals surface area contributed by atoms with Gasteiger partial charge in [0.05, 0.1) is 5.41 Å². The van der Waals surface area contributed by atoms with E-state index in [9.17, 15) is 28.3 Å². The normalized spacial score (nSPS) is 22.0. The van der Waals surface area contributed by atoms with Crippen LogP contribution < -0.4 is 5.32 Å². The summed E-state index contributed by atoms with van der Waals surface area (Å²) in [5.41, 5.74) is 2.91. The Morgan fingerprint density at radius 2 is 1.69 bits per heavy atom. The number of alkyl halides is 2. The van der Waals surface area contributed by atoms with Crippen molar-refractivity contribution >= 4 is 18.0 Å². The maximum Gasteiger partial charge on any atom is 0.407 e. The Morgan fingerprint density at radius 3 is 2.20 bits per heavy atom. The third-order valence-corrected chi connectivity index (χ3v) is 7.25. The number of halogens is 2. The van der Waals surface area contributed by atoms with Crippen LogP contribution in [0, 0.1) is 11.3 Å². The molecule has 1 heterocycles. The number of ether oxygens (including phenoxy) is 1. The molecule has 1 aliphatic carbocycles. The minimum Gasteiger partial charge on any atom is -0.481 e. The first-order chi connectivity index (χ1) is 16.6. The number of nitrogens with zero attached hydrogens (tertiary/aromatic N) is 1. The summed E-state index contributed by atoms with van der Waals surface area (Å²) in [6, 6.07) is 14.0. The van der Waals surface area contributed by atoms with Crippen molar-refractivity contribution in [2.24, 2.45) is 11.3 Å². The summed E-state index contributed by atoms with van der Waals surface area (Å²) >= 11 is 0. The number of hydrogen-bond donors (Lipinski definition) is 2. The Hall–Kier alpha value is -3.49. The first kappa shape index (κ1) is 24.6. The van der Waals surface area contributed by atoms with Crippen molar-refractivity contribution in [1.82, 2.24) is 10.2 Å².